The minimum Gasteiger partial charge on any atom is -0.384 e. The van der Waals surface area contributed by atoms with Gasteiger partial charge in [0.15, 0.2) is 0 Å². The molecule has 0 unspecified atom stereocenters. The summed E-state index contributed by atoms with van der Waals surface area (Å²) in [5.74, 6) is -2.25. The highest BCUT2D eigenvalue weighted by molar-refractivity contribution is 5.79. The number of amides is 1. The van der Waals surface area contributed by atoms with Crippen LogP contribution in [0.15, 0.2) is 6.07 Å². The molecule has 9 heteroatoms. The normalized spacial score (nSPS) is 16.1. The van der Waals surface area contributed by atoms with E-state index in [4.69, 9.17) is 11.5 Å². The van der Waals surface area contributed by atoms with Crippen LogP contribution in [0, 0.1) is 0 Å². The van der Waals surface area contributed by atoms with Gasteiger partial charge >= 0.3 is 6.18 Å². The van der Waals surface area contributed by atoms with Crippen LogP contribution < -0.4 is 16.4 Å². The zero-order chi connectivity index (χ0) is 15.6. The van der Waals surface area contributed by atoms with Gasteiger partial charge in [-0.05, 0) is 12.8 Å². The van der Waals surface area contributed by atoms with Gasteiger partial charge in [0.05, 0.1) is 6.54 Å². The molecule has 1 fully saturated rings. The highest BCUT2D eigenvalue weighted by Gasteiger charge is 2.36. The number of nitrogens with two attached hydrogens (primary N) is 2. The number of rotatable bonds is 4. The highest BCUT2D eigenvalue weighted by atomic mass is 19.4. The molecule has 4 N–H and O–H groups in total. The molecule has 6 nitrogen and oxygen atoms in total. The second-order valence-corrected chi connectivity index (χ2v) is 5.00. The van der Waals surface area contributed by atoms with Crippen molar-refractivity contribution in [3.63, 3.8) is 0 Å². The van der Waals surface area contributed by atoms with Gasteiger partial charge in [-0.2, -0.15) is 13.2 Å². The standard InChI is InChI=1S/C12H16F3N5O/c13-12(14,15)11-18-8(16)5-10(19-11)20(6-9(17)21)7-3-1-2-4-7/h5,7H,1-4,6H2,(H2,17,21)(H2,16,18,19). The summed E-state index contributed by atoms with van der Waals surface area (Å²) >= 11 is 0. The maximum absolute atomic E-state index is 12.8. The van der Waals surface area contributed by atoms with Crippen molar-refractivity contribution in [2.24, 2.45) is 5.73 Å². The van der Waals surface area contributed by atoms with Gasteiger partial charge in [-0.3, -0.25) is 4.79 Å². The molecule has 1 aromatic rings. The Kier molecular flexibility index (Phi) is 4.19. The maximum Gasteiger partial charge on any atom is 0.451 e. The predicted molar refractivity (Wildman–Crippen MR) is 70.2 cm³/mol. The molecule has 1 aromatic heterocycles. The number of alkyl halides is 3. The third kappa shape index (κ3) is 3.73. The summed E-state index contributed by atoms with van der Waals surface area (Å²) in [4.78, 5) is 19.4. The summed E-state index contributed by atoms with van der Waals surface area (Å²) < 4.78 is 38.3. The maximum atomic E-state index is 12.8. The van der Waals surface area contributed by atoms with E-state index in [1.807, 2.05) is 0 Å². The Labute approximate surface area is 119 Å². The van der Waals surface area contributed by atoms with Crippen molar-refractivity contribution in [3.8, 4) is 0 Å². The van der Waals surface area contributed by atoms with E-state index in [0.29, 0.717) is 0 Å². The minimum atomic E-state index is -4.70. The van der Waals surface area contributed by atoms with Gasteiger partial charge in [0.25, 0.3) is 0 Å². The fourth-order valence-electron chi connectivity index (χ4n) is 2.51. The van der Waals surface area contributed by atoms with Crippen LogP contribution in [0.4, 0.5) is 24.8 Å². The fraction of sp³-hybridized carbons (Fsp3) is 0.583. The smallest absolute Gasteiger partial charge is 0.384 e. The highest BCUT2D eigenvalue weighted by Crippen LogP contribution is 2.31. The van der Waals surface area contributed by atoms with E-state index in [2.05, 4.69) is 9.97 Å². The number of halogens is 3. The first-order valence-corrected chi connectivity index (χ1v) is 6.54. The molecule has 1 aliphatic rings. The van der Waals surface area contributed by atoms with Gasteiger partial charge in [-0.15, -0.1) is 0 Å². The number of hydrogen-bond donors (Lipinski definition) is 2. The van der Waals surface area contributed by atoms with Crippen molar-refractivity contribution in [2.45, 2.75) is 37.9 Å². The van der Waals surface area contributed by atoms with E-state index >= 15 is 0 Å². The molecule has 0 atom stereocenters. The second-order valence-electron chi connectivity index (χ2n) is 5.00. The van der Waals surface area contributed by atoms with Crippen molar-refractivity contribution < 1.29 is 18.0 Å². The summed E-state index contributed by atoms with van der Waals surface area (Å²) in [6.07, 6.45) is -1.24. The molecule has 0 aliphatic heterocycles. The van der Waals surface area contributed by atoms with Crippen LogP contribution in [0.2, 0.25) is 0 Å². The van der Waals surface area contributed by atoms with Crippen LogP contribution in [0.3, 0.4) is 0 Å². The summed E-state index contributed by atoms with van der Waals surface area (Å²) in [6, 6.07) is 1.17. The Morgan fingerprint density at radius 2 is 1.95 bits per heavy atom. The van der Waals surface area contributed by atoms with Gasteiger partial charge < -0.3 is 16.4 Å². The van der Waals surface area contributed by atoms with E-state index in [9.17, 15) is 18.0 Å². The molecule has 1 aliphatic carbocycles. The van der Waals surface area contributed by atoms with Gasteiger partial charge in [-0.1, -0.05) is 12.8 Å². The largest absolute Gasteiger partial charge is 0.451 e. The van der Waals surface area contributed by atoms with Crippen molar-refractivity contribution in [2.75, 3.05) is 17.2 Å². The topological polar surface area (TPSA) is 98.1 Å². The van der Waals surface area contributed by atoms with Crippen molar-refractivity contribution in [1.82, 2.24) is 9.97 Å². The summed E-state index contributed by atoms with van der Waals surface area (Å²) in [5, 5.41) is 0. The summed E-state index contributed by atoms with van der Waals surface area (Å²) in [5.41, 5.74) is 10.6. The van der Waals surface area contributed by atoms with E-state index in [1.165, 1.54) is 11.0 Å². The molecule has 1 amide bonds. The lowest BCUT2D eigenvalue weighted by molar-refractivity contribution is -0.144. The third-order valence-electron chi connectivity index (χ3n) is 3.37. The van der Waals surface area contributed by atoms with Gasteiger partial charge in [0, 0.05) is 12.1 Å². The average Bonchev–Trinajstić information content (AvgIpc) is 2.87. The molecular weight excluding hydrogens is 287 g/mol. The Bertz CT molecular complexity index is 528. The van der Waals surface area contributed by atoms with Crippen molar-refractivity contribution in [3.05, 3.63) is 11.9 Å². The quantitative estimate of drug-likeness (QED) is 0.874. The minimum absolute atomic E-state index is 0.0134. The lowest BCUT2D eigenvalue weighted by Crippen LogP contribution is -2.41. The number of nitrogens with zero attached hydrogens (tertiary/aromatic N) is 3. The van der Waals surface area contributed by atoms with Gasteiger partial charge in [0.2, 0.25) is 11.7 Å². The van der Waals surface area contributed by atoms with Crippen LogP contribution in [-0.2, 0) is 11.0 Å². The number of anilines is 2. The Hall–Kier alpha value is -2.06. The number of carbonyl (C=O) groups excluding carboxylic acids is 1. The molecule has 0 aromatic carbocycles. The lowest BCUT2D eigenvalue weighted by atomic mass is 10.2. The van der Waals surface area contributed by atoms with Crippen LogP contribution >= 0.6 is 0 Å². The van der Waals surface area contributed by atoms with Crippen molar-refractivity contribution in [1.29, 1.82) is 0 Å². The number of nitrogen functional groups attached to an aromatic ring is 1. The van der Waals surface area contributed by atoms with E-state index in [0.717, 1.165) is 25.7 Å². The molecule has 116 valence electrons. The zero-order valence-electron chi connectivity index (χ0n) is 11.2. The number of hydrogen-bond acceptors (Lipinski definition) is 5. The molecule has 0 saturated heterocycles. The molecule has 1 saturated carbocycles. The lowest BCUT2D eigenvalue weighted by Gasteiger charge is -2.29. The first-order chi connectivity index (χ1) is 9.77. The summed E-state index contributed by atoms with van der Waals surface area (Å²) in [6.45, 7) is -0.196. The predicted octanol–water partition coefficient (Wildman–Crippen LogP) is 1.31. The van der Waals surface area contributed by atoms with Crippen LogP contribution in [-0.4, -0.2) is 28.5 Å². The molecule has 2 rings (SSSR count). The van der Waals surface area contributed by atoms with Gasteiger partial charge in [0.1, 0.15) is 11.6 Å². The van der Waals surface area contributed by atoms with Crippen LogP contribution in [0.25, 0.3) is 0 Å². The Morgan fingerprint density at radius 1 is 1.33 bits per heavy atom. The summed E-state index contributed by atoms with van der Waals surface area (Å²) in [7, 11) is 0. The first kappa shape index (κ1) is 15.3. The van der Waals surface area contributed by atoms with Crippen molar-refractivity contribution >= 4 is 17.5 Å². The SMILES string of the molecule is NC(=O)CN(c1cc(N)nc(C(F)(F)F)n1)C1CCCC1. The van der Waals surface area contributed by atoms with Gasteiger partial charge in [-0.25, -0.2) is 9.97 Å². The van der Waals surface area contributed by atoms with E-state index in [-0.39, 0.29) is 24.2 Å². The van der Waals surface area contributed by atoms with Crippen LogP contribution in [0.1, 0.15) is 31.5 Å². The molecule has 1 heterocycles. The second kappa shape index (κ2) is 5.74. The third-order valence-corrected chi connectivity index (χ3v) is 3.37. The fourth-order valence-corrected chi connectivity index (χ4v) is 2.51. The molecule has 0 radical (unpaired) electrons. The Balaban J connectivity index is 2.38. The Morgan fingerprint density at radius 3 is 2.48 bits per heavy atom. The molecule has 21 heavy (non-hydrogen) atoms. The van der Waals surface area contributed by atoms with E-state index < -0.39 is 17.9 Å². The van der Waals surface area contributed by atoms with E-state index in [1.54, 1.807) is 0 Å². The average molecular weight is 303 g/mol. The monoisotopic (exact) mass is 303 g/mol. The molecule has 0 spiro atoms. The first-order valence-electron chi connectivity index (χ1n) is 6.54. The van der Waals surface area contributed by atoms with Crippen LogP contribution in [0.5, 0.6) is 0 Å². The number of primary amides is 1. The number of aromatic nitrogens is 2. The molecule has 0 bridgehead atoms. The molecular formula is C12H16F3N5O. The number of carbonyl (C=O) groups is 1. The zero-order valence-corrected chi connectivity index (χ0v) is 11.2.